The molecule has 0 fully saturated rings. The molecule has 0 unspecified atom stereocenters. The highest BCUT2D eigenvalue weighted by atomic mass is 127. The summed E-state index contributed by atoms with van der Waals surface area (Å²) in [4.78, 5) is 12.3. The predicted octanol–water partition coefficient (Wildman–Crippen LogP) is 7.89. The van der Waals surface area contributed by atoms with E-state index in [1.807, 2.05) is 0 Å². The van der Waals surface area contributed by atoms with Crippen molar-refractivity contribution in [3.8, 4) is 11.1 Å². The van der Waals surface area contributed by atoms with E-state index in [2.05, 4.69) is 108 Å². The fraction of sp³-hybridized carbons (Fsp3) is 0.276. The first-order valence-corrected chi connectivity index (χ1v) is 12.7. The number of hydrogen-bond donors (Lipinski definition) is 1. The first-order valence-electron chi connectivity index (χ1n) is 11.6. The molecule has 0 saturated heterocycles. The summed E-state index contributed by atoms with van der Waals surface area (Å²) >= 11 is 2.38. The molecule has 0 aliphatic rings. The van der Waals surface area contributed by atoms with Crippen LogP contribution in [0.3, 0.4) is 0 Å². The van der Waals surface area contributed by atoms with E-state index in [4.69, 9.17) is 0 Å². The lowest BCUT2D eigenvalue weighted by atomic mass is 9.91. The zero-order chi connectivity index (χ0) is 22.3. The molecule has 0 aliphatic heterocycles. The molecular weight excluding hydrogens is 505 g/mol. The van der Waals surface area contributed by atoms with Gasteiger partial charge in [0, 0.05) is 16.5 Å². The first kappa shape index (κ1) is 22.8. The Morgan fingerprint density at radius 3 is 2.47 bits per heavy atom. The maximum absolute atomic E-state index is 12.3. The van der Waals surface area contributed by atoms with Gasteiger partial charge >= 0.3 is 0 Å². The lowest BCUT2D eigenvalue weighted by Gasteiger charge is -2.15. The van der Waals surface area contributed by atoms with E-state index in [-0.39, 0.29) is 5.91 Å². The van der Waals surface area contributed by atoms with Gasteiger partial charge in [0.25, 0.3) is 0 Å². The van der Waals surface area contributed by atoms with Crippen LogP contribution in [0.1, 0.15) is 44.6 Å². The molecule has 0 bridgehead atoms. The smallest absolute Gasteiger partial charge is 0.220 e. The largest absolute Gasteiger partial charge is 0.356 e. The third kappa shape index (κ3) is 5.50. The Morgan fingerprint density at radius 1 is 0.844 bits per heavy atom. The van der Waals surface area contributed by atoms with Crippen molar-refractivity contribution >= 4 is 50.0 Å². The fourth-order valence-corrected chi connectivity index (χ4v) is 4.87. The number of halogens is 1. The number of amides is 1. The zero-order valence-electron chi connectivity index (χ0n) is 18.7. The fourth-order valence-electron chi connectivity index (χ4n) is 4.38. The first-order chi connectivity index (χ1) is 15.7. The van der Waals surface area contributed by atoms with Crippen LogP contribution in [0.2, 0.25) is 0 Å². The normalized spacial score (nSPS) is 11.2. The monoisotopic (exact) mass is 535 g/mol. The molecule has 1 amide bonds. The highest BCUT2D eigenvalue weighted by Gasteiger charge is 2.12. The molecule has 164 valence electrons. The van der Waals surface area contributed by atoms with Crippen LogP contribution < -0.4 is 5.32 Å². The minimum Gasteiger partial charge on any atom is -0.356 e. The van der Waals surface area contributed by atoms with E-state index in [9.17, 15) is 4.79 Å². The number of nitrogens with one attached hydrogen (secondary N) is 1. The van der Waals surface area contributed by atoms with Gasteiger partial charge in [-0.1, -0.05) is 80.8 Å². The van der Waals surface area contributed by atoms with Gasteiger partial charge in [-0.05, 0) is 91.9 Å². The summed E-state index contributed by atoms with van der Waals surface area (Å²) in [5.41, 5.74) is 3.79. The Kier molecular flexibility index (Phi) is 7.80. The van der Waals surface area contributed by atoms with Crippen LogP contribution in [-0.4, -0.2) is 12.5 Å². The second-order valence-corrected chi connectivity index (χ2v) is 9.68. The second kappa shape index (κ2) is 11.0. The summed E-state index contributed by atoms with van der Waals surface area (Å²) in [6, 6.07) is 26.2. The van der Waals surface area contributed by atoms with Gasteiger partial charge in [-0.3, -0.25) is 4.79 Å². The zero-order valence-corrected chi connectivity index (χ0v) is 20.8. The van der Waals surface area contributed by atoms with Crippen molar-refractivity contribution in [2.45, 2.75) is 45.4 Å². The molecule has 0 radical (unpaired) electrons. The van der Waals surface area contributed by atoms with E-state index >= 15 is 0 Å². The molecule has 0 atom stereocenters. The van der Waals surface area contributed by atoms with Gasteiger partial charge in [0.1, 0.15) is 0 Å². The van der Waals surface area contributed by atoms with Gasteiger partial charge < -0.3 is 5.32 Å². The maximum Gasteiger partial charge on any atom is 0.220 e. The number of fused-ring (bicyclic) bond motifs is 2. The van der Waals surface area contributed by atoms with Gasteiger partial charge in [-0.25, -0.2) is 0 Å². The molecule has 4 aromatic carbocycles. The van der Waals surface area contributed by atoms with Crippen molar-refractivity contribution in [1.82, 2.24) is 5.32 Å². The Hall–Kier alpha value is -2.40. The van der Waals surface area contributed by atoms with E-state index in [1.54, 1.807) is 0 Å². The van der Waals surface area contributed by atoms with E-state index in [0.29, 0.717) is 13.0 Å². The quantitative estimate of drug-likeness (QED) is 0.171. The summed E-state index contributed by atoms with van der Waals surface area (Å²) in [5.74, 6) is 0.170. The Balaban J connectivity index is 1.61. The molecular formula is C29H30INO. The number of rotatable bonds is 9. The van der Waals surface area contributed by atoms with Crippen LogP contribution in [0, 0.1) is 3.57 Å². The van der Waals surface area contributed by atoms with E-state index in [1.165, 1.54) is 54.6 Å². The van der Waals surface area contributed by atoms with Crippen molar-refractivity contribution in [3.05, 3.63) is 81.9 Å². The molecule has 4 rings (SSSR count). The van der Waals surface area contributed by atoms with Crippen molar-refractivity contribution in [3.63, 3.8) is 0 Å². The van der Waals surface area contributed by atoms with Gasteiger partial charge in [-0.15, -0.1) is 0 Å². The highest BCUT2D eigenvalue weighted by Crippen LogP contribution is 2.33. The van der Waals surface area contributed by atoms with Gasteiger partial charge in [0.05, 0.1) is 0 Å². The van der Waals surface area contributed by atoms with Crippen molar-refractivity contribution in [2.75, 3.05) is 6.54 Å². The summed E-state index contributed by atoms with van der Waals surface area (Å²) in [7, 11) is 0. The van der Waals surface area contributed by atoms with Crippen LogP contribution in [0.4, 0.5) is 0 Å². The predicted molar refractivity (Wildman–Crippen MR) is 145 cm³/mol. The van der Waals surface area contributed by atoms with Gasteiger partial charge in [-0.2, -0.15) is 0 Å². The Labute approximate surface area is 204 Å². The minimum absolute atomic E-state index is 0.170. The third-order valence-corrected chi connectivity index (χ3v) is 6.78. The molecule has 0 spiro atoms. The third-order valence-electron chi connectivity index (χ3n) is 6.11. The molecule has 1 N–H and O–H groups in total. The van der Waals surface area contributed by atoms with Crippen LogP contribution in [0.25, 0.3) is 32.7 Å². The molecule has 0 aliphatic carbocycles. The van der Waals surface area contributed by atoms with Crippen molar-refractivity contribution < 1.29 is 4.79 Å². The molecule has 0 heterocycles. The second-order valence-electron chi connectivity index (χ2n) is 8.43. The number of unbranched alkanes of at least 4 members (excludes halogenated alkanes) is 3. The number of hydrogen-bond acceptors (Lipinski definition) is 1. The molecule has 3 heteroatoms. The minimum atomic E-state index is 0.170. The highest BCUT2D eigenvalue weighted by molar-refractivity contribution is 14.1. The lowest BCUT2D eigenvalue weighted by molar-refractivity contribution is -0.121. The van der Waals surface area contributed by atoms with Crippen molar-refractivity contribution in [1.29, 1.82) is 0 Å². The summed E-state index contributed by atoms with van der Waals surface area (Å²) in [6.45, 7) is 2.86. The topological polar surface area (TPSA) is 29.1 Å². The molecule has 32 heavy (non-hydrogen) atoms. The number of carbonyl (C=O) groups is 1. The summed E-state index contributed by atoms with van der Waals surface area (Å²) in [5, 5.41) is 8.18. The Bertz CT molecular complexity index is 1230. The van der Waals surface area contributed by atoms with E-state index < -0.39 is 0 Å². The standard InChI is InChI=1S/C29H30INO/c1-2-3-4-5-10-29(32)31-18-17-27-26(16-14-22-13-15-25(30)20-28(22)27)24-12-11-21-8-6-7-9-23(21)19-24/h6-9,11-16,19-20H,2-5,10,17-18H2,1H3,(H,31,32). The maximum atomic E-state index is 12.3. The SMILES string of the molecule is CCCCCCC(=O)NCCc1c(-c2ccc3ccccc3c2)ccc2ccc(I)cc12. The average Bonchev–Trinajstić information content (AvgIpc) is 2.81. The van der Waals surface area contributed by atoms with Crippen LogP contribution in [-0.2, 0) is 11.2 Å². The van der Waals surface area contributed by atoms with Gasteiger partial charge in [0.15, 0.2) is 0 Å². The van der Waals surface area contributed by atoms with Crippen LogP contribution >= 0.6 is 22.6 Å². The molecule has 4 aromatic rings. The van der Waals surface area contributed by atoms with Gasteiger partial charge in [0.2, 0.25) is 5.91 Å². The van der Waals surface area contributed by atoms with Crippen LogP contribution in [0.15, 0.2) is 72.8 Å². The number of carbonyl (C=O) groups excluding carboxylic acids is 1. The average molecular weight is 535 g/mol. The molecule has 2 nitrogen and oxygen atoms in total. The lowest BCUT2D eigenvalue weighted by Crippen LogP contribution is -2.25. The Morgan fingerprint density at radius 2 is 1.62 bits per heavy atom. The molecule has 0 aromatic heterocycles. The number of benzene rings is 4. The van der Waals surface area contributed by atoms with Crippen LogP contribution in [0.5, 0.6) is 0 Å². The van der Waals surface area contributed by atoms with E-state index in [0.717, 1.165) is 19.3 Å². The molecule has 0 saturated carbocycles. The summed E-state index contributed by atoms with van der Waals surface area (Å²) < 4.78 is 1.23. The summed E-state index contributed by atoms with van der Waals surface area (Å²) in [6.07, 6.45) is 5.97. The van der Waals surface area contributed by atoms with Crippen molar-refractivity contribution in [2.24, 2.45) is 0 Å².